The lowest BCUT2D eigenvalue weighted by atomic mass is 10.0. The number of aryl methyl sites for hydroxylation is 1. The quantitative estimate of drug-likeness (QED) is 0.481. The molecular weight excluding hydrogens is 411 g/mol. The Morgan fingerprint density at radius 2 is 1.97 bits per heavy atom. The van der Waals surface area contributed by atoms with Crippen LogP contribution in [0.3, 0.4) is 0 Å². The summed E-state index contributed by atoms with van der Waals surface area (Å²) in [6, 6.07) is 17.2. The predicted molar refractivity (Wildman–Crippen MR) is 114 cm³/mol. The number of furan rings is 1. The number of rotatable bonds is 5. The second-order valence-electron chi connectivity index (χ2n) is 7.54. The SMILES string of the molecule is Cc1ccc(C2=NN(C(=O)Cn3nnc(-c4cccc(F)c4)n3)C(c3ccco3)C2)cc1. The van der Waals surface area contributed by atoms with Crippen molar-refractivity contribution >= 4 is 11.6 Å². The Morgan fingerprint density at radius 1 is 1.12 bits per heavy atom. The number of carbonyl (C=O) groups excluding carboxylic acids is 1. The Bertz CT molecular complexity index is 1280. The summed E-state index contributed by atoms with van der Waals surface area (Å²) < 4.78 is 19.1. The van der Waals surface area contributed by atoms with Crippen LogP contribution < -0.4 is 0 Å². The van der Waals surface area contributed by atoms with Crippen LogP contribution in [-0.2, 0) is 11.3 Å². The summed E-state index contributed by atoms with van der Waals surface area (Å²) in [6.45, 7) is 1.86. The van der Waals surface area contributed by atoms with Crippen molar-refractivity contribution in [3.05, 3.63) is 89.6 Å². The summed E-state index contributed by atoms with van der Waals surface area (Å²) in [4.78, 5) is 14.3. The van der Waals surface area contributed by atoms with Gasteiger partial charge in [0, 0.05) is 12.0 Å². The van der Waals surface area contributed by atoms with Crippen LogP contribution >= 0.6 is 0 Å². The van der Waals surface area contributed by atoms with E-state index in [0.29, 0.717) is 17.7 Å². The van der Waals surface area contributed by atoms with Crippen molar-refractivity contribution in [2.45, 2.75) is 25.9 Å². The molecule has 2 aromatic heterocycles. The first-order valence-corrected chi connectivity index (χ1v) is 10.1. The summed E-state index contributed by atoms with van der Waals surface area (Å²) in [5.41, 5.74) is 3.38. The van der Waals surface area contributed by atoms with Gasteiger partial charge in [-0.15, -0.1) is 10.2 Å². The number of aromatic nitrogens is 4. The molecule has 9 heteroatoms. The maximum atomic E-state index is 13.5. The highest BCUT2D eigenvalue weighted by molar-refractivity contribution is 6.03. The summed E-state index contributed by atoms with van der Waals surface area (Å²) in [6.07, 6.45) is 2.10. The maximum absolute atomic E-state index is 13.5. The van der Waals surface area contributed by atoms with E-state index in [1.165, 1.54) is 21.9 Å². The van der Waals surface area contributed by atoms with E-state index in [9.17, 15) is 9.18 Å². The van der Waals surface area contributed by atoms with Crippen molar-refractivity contribution in [1.82, 2.24) is 25.2 Å². The smallest absolute Gasteiger partial charge is 0.267 e. The third-order valence-corrected chi connectivity index (χ3v) is 5.23. The molecule has 1 aliphatic heterocycles. The van der Waals surface area contributed by atoms with Crippen molar-refractivity contribution in [2.24, 2.45) is 5.10 Å². The monoisotopic (exact) mass is 430 g/mol. The number of hydrazone groups is 1. The fourth-order valence-corrected chi connectivity index (χ4v) is 3.61. The molecule has 1 atom stereocenters. The van der Waals surface area contributed by atoms with Crippen LogP contribution in [0.4, 0.5) is 4.39 Å². The lowest BCUT2D eigenvalue weighted by molar-refractivity contribution is -0.134. The molecule has 32 heavy (non-hydrogen) atoms. The second kappa shape index (κ2) is 8.18. The van der Waals surface area contributed by atoms with Crippen molar-refractivity contribution < 1.29 is 13.6 Å². The number of carbonyl (C=O) groups is 1. The lowest BCUT2D eigenvalue weighted by Gasteiger charge is -2.19. The number of amides is 1. The topological polar surface area (TPSA) is 89.4 Å². The van der Waals surface area contributed by atoms with Gasteiger partial charge in [0.2, 0.25) is 5.82 Å². The van der Waals surface area contributed by atoms with Gasteiger partial charge < -0.3 is 4.42 Å². The van der Waals surface area contributed by atoms with Crippen LogP contribution in [-0.4, -0.2) is 36.8 Å². The highest BCUT2D eigenvalue weighted by atomic mass is 19.1. The minimum atomic E-state index is -0.397. The molecular formula is C23H19FN6O2. The zero-order valence-electron chi connectivity index (χ0n) is 17.2. The maximum Gasteiger partial charge on any atom is 0.267 e. The molecule has 1 unspecified atom stereocenters. The van der Waals surface area contributed by atoms with Crippen LogP contribution in [0.25, 0.3) is 11.4 Å². The second-order valence-corrected chi connectivity index (χ2v) is 7.54. The fraction of sp³-hybridized carbons (Fsp3) is 0.174. The molecule has 0 spiro atoms. The van der Waals surface area contributed by atoms with Gasteiger partial charge in [0.25, 0.3) is 5.91 Å². The van der Waals surface area contributed by atoms with Gasteiger partial charge in [0.05, 0.1) is 12.0 Å². The highest BCUT2D eigenvalue weighted by Crippen LogP contribution is 2.33. The van der Waals surface area contributed by atoms with E-state index in [4.69, 9.17) is 4.42 Å². The van der Waals surface area contributed by atoms with Gasteiger partial charge in [0.1, 0.15) is 24.2 Å². The van der Waals surface area contributed by atoms with E-state index in [-0.39, 0.29) is 24.3 Å². The molecule has 0 bridgehead atoms. The van der Waals surface area contributed by atoms with E-state index < -0.39 is 5.82 Å². The molecule has 0 radical (unpaired) electrons. The molecule has 160 valence electrons. The Kier molecular flexibility index (Phi) is 5.06. The molecule has 0 saturated carbocycles. The molecule has 0 saturated heterocycles. The third kappa shape index (κ3) is 3.92. The van der Waals surface area contributed by atoms with Crippen LogP contribution in [0.15, 0.2) is 76.4 Å². The molecule has 4 aromatic rings. The molecule has 1 aliphatic rings. The van der Waals surface area contributed by atoms with Gasteiger partial charge in [-0.2, -0.15) is 9.90 Å². The average Bonchev–Trinajstić information content (AvgIpc) is 3.54. The van der Waals surface area contributed by atoms with Crippen molar-refractivity contribution in [3.63, 3.8) is 0 Å². The third-order valence-electron chi connectivity index (χ3n) is 5.23. The zero-order valence-corrected chi connectivity index (χ0v) is 17.2. The Hall–Kier alpha value is -4.14. The summed E-state index contributed by atoms with van der Waals surface area (Å²) in [7, 11) is 0. The van der Waals surface area contributed by atoms with E-state index in [1.54, 1.807) is 24.5 Å². The van der Waals surface area contributed by atoms with E-state index in [1.807, 2.05) is 37.3 Å². The first-order chi connectivity index (χ1) is 15.6. The number of halogens is 1. The highest BCUT2D eigenvalue weighted by Gasteiger charge is 2.35. The molecule has 5 rings (SSSR count). The predicted octanol–water partition coefficient (Wildman–Crippen LogP) is 3.76. The molecule has 2 aromatic carbocycles. The number of benzene rings is 2. The fourth-order valence-electron chi connectivity index (χ4n) is 3.61. The zero-order chi connectivity index (χ0) is 22.1. The Morgan fingerprint density at radius 3 is 2.72 bits per heavy atom. The van der Waals surface area contributed by atoms with E-state index in [0.717, 1.165) is 16.8 Å². The molecule has 0 aliphatic carbocycles. The van der Waals surface area contributed by atoms with Crippen LogP contribution in [0.1, 0.15) is 29.3 Å². The molecule has 1 amide bonds. The van der Waals surface area contributed by atoms with Crippen LogP contribution in [0, 0.1) is 12.7 Å². The summed E-state index contributed by atoms with van der Waals surface area (Å²) in [5, 5.41) is 18.1. The lowest BCUT2D eigenvalue weighted by Crippen LogP contribution is -2.31. The van der Waals surface area contributed by atoms with Crippen molar-refractivity contribution in [2.75, 3.05) is 0 Å². The van der Waals surface area contributed by atoms with Gasteiger partial charge in [-0.1, -0.05) is 42.0 Å². The van der Waals surface area contributed by atoms with E-state index >= 15 is 0 Å². The summed E-state index contributed by atoms with van der Waals surface area (Å²) in [5.74, 6) is 0.185. The molecule has 8 nitrogen and oxygen atoms in total. The molecule has 0 N–H and O–H groups in total. The number of tetrazole rings is 1. The normalized spacial score (nSPS) is 15.8. The van der Waals surface area contributed by atoms with Crippen molar-refractivity contribution in [3.8, 4) is 11.4 Å². The van der Waals surface area contributed by atoms with Gasteiger partial charge in [-0.25, -0.2) is 9.40 Å². The standard InChI is InChI=1S/C23H19FN6O2/c1-15-7-9-16(10-8-15)19-13-20(21-6-3-11-32-21)30(26-19)22(31)14-29-27-23(25-28-29)17-4-2-5-18(24)12-17/h2-12,20H,13-14H2,1H3. The van der Waals surface area contributed by atoms with Gasteiger partial charge >= 0.3 is 0 Å². The van der Waals surface area contributed by atoms with Crippen LogP contribution in [0.5, 0.6) is 0 Å². The molecule has 3 heterocycles. The Balaban J connectivity index is 1.39. The average molecular weight is 430 g/mol. The van der Waals surface area contributed by atoms with Crippen LogP contribution in [0.2, 0.25) is 0 Å². The van der Waals surface area contributed by atoms with Crippen molar-refractivity contribution in [1.29, 1.82) is 0 Å². The molecule has 0 fully saturated rings. The number of nitrogens with zero attached hydrogens (tertiary/aromatic N) is 6. The van der Waals surface area contributed by atoms with Gasteiger partial charge in [-0.3, -0.25) is 4.79 Å². The number of hydrogen-bond donors (Lipinski definition) is 0. The minimum absolute atomic E-state index is 0.162. The Labute approximate surface area is 183 Å². The first kappa shape index (κ1) is 19.8. The number of hydrogen-bond acceptors (Lipinski definition) is 6. The summed E-state index contributed by atoms with van der Waals surface area (Å²) >= 11 is 0. The van der Waals surface area contributed by atoms with Gasteiger partial charge in [-0.05, 0) is 42.0 Å². The minimum Gasteiger partial charge on any atom is -0.467 e. The largest absolute Gasteiger partial charge is 0.467 e. The van der Waals surface area contributed by atoms with Gasteiger partial charge in [0.15, 0.2) is 0 Å². The first-order valence-electron chi connectivity index (χ1n) is 10.1. The van der Waals surface area contributed by atoms with E-state index in [2.05, 4.69) is 20.5 Å².